The van der Waals surface area contributed by atoms with Gasteiger partial charge >= 0.3 is 0 Å². The van der Waals surface area contributed by atoms with Crippen LogP contribution in [0.25, 0.3) is 5.65 Å². The molecule has 1 fully saturated rings. The van der Waals surface area contributed by atoms with Gasteiger partial charge in [0.2, 0.25) is 5.91 Å². The Hall–Kier alpha value is -2.72. The number of aryl methyl sites for hydroxylation is 2. The molecule has 3 aromatic heterocycles. The van der Waals surface area contributed by atoms with Crippen molar-refractivity contribution in [3.63, 3.8) is 0 Å². The van der Waals surface area contributed by atoms with Gasteiger partial charge in [0.1, 0.15) is 5.65 Å². The van der Waals surface area contributed by atoms with Crippen molar-refractivity contribution < 1.29 is 13.6 Å². The third kappa shape index (κ3) is 12.4. The third-order valence-corrected chi connectivity index (χ3v) is 5.94. The van der Waals surface area contributed by atoms with E-state index in [0.717, 1.165) is 38.3 Å². The first kappa shape index (κ1) is 38.3. The van der Waals surface area contributed by atoms with Crippen LogP contribution < -0.4 is 15.5 Å². The number of thiol groups is 1. The summed E-state index contributed by atoms with van der Waals surface area (Å²) >= 11 is 3.53. The molecule has 41 heavy (non-hydrogen) atoms. The van der Waals surface area contributed by atoms with Crippen LogP contribution >= 0.6 is 12.6 Å². The second kappa shape index (κ2) is 22.0. The summed E-state index contributed by atoms with van der Waals surface area (Å²) in [6, 6.07) is 3.47. The molecule has 0 bridgehead atoms. The number of fused-ring (bicyclic) bond motifs is 1. The Kier molecular flexibility index (Phi) is 20.5. The van der Waals surface area contributed by atoms with Crippen LogP contribution in [0.4, 0.5) is 20.2 Å². The van der Waals surface area contributed by atoms with E-state index in [4.69, 9.17) is 0 Å². The van der Waals surface area contributed by atoms with E-state index in [2.05, 4.69) is 58.0 Å². The number of rotatable bonds is 7. The van der Waals surface area contributed by atoms with Crippen molar-refractivity contribution in [2.45, 2.75) is 87.5 Å². The highest BCUT2D eigenvalue weighted by molar-refractivity contribution is 7.79. The van der Waals surface area contributed by atoms with Gasteiger partial charge in [-0.1, -0.05) is 48.0 Å². The fourth-order valence-corrected chi connectivity index (χ4v) is 4.24. The van der Waals surface area contributed by atoms with Crippen molar-refractivity contribution in [3.05, 3.63) is 53.2 Å². The Labute approximate surface area is 252 Å². The van der Waals surface area contributed by atoms with Crippen molar-refractivity contribution in [2.24, 2.45) is 0 Å². The van der Waals surface area contributed by atoms with E-state index < -0.39 is 6.43 Å². The molecule has 0 aromatic carbocycles. The fourth-order valence-electron chi connectivity index (χ4n) is 4.24. The molecule has 0 unspecified atom stereocenters. The topological polar surface area (TPSA) is 74.6 Å². The predicted molar refractivity (Wildman–Crippen MR) is 174 cm³/mol. The van der Waals surface area contributed by atoms with Gasteiger partial charge in [-0.2, -0.15) is 12.6 Å². The van der Waals surface area contributed by atoms with Crippen LogP contribution in [0.1, 0.15) is 89.7 Å². The third-order valence-electron chi connectivity index (χ3n) is 5.94. The SMILES string of the molecule is CC.CC.CCCC(=O)Nc1cn2cc(C)nc2cc1C(F)F.CCCc1c(N2CCNCC2)ccnc1C.CS. The minimum atomic E-state index is -2.65. The van der Waals surface area contributed by atoms with Gasteiger partial charge in [0.05, 0.1) is 11.4 Å². The van der Waals surface area contributed by atoms with Gasteiger partial charge < -0.3 is 19.9 Å². The van der Waals surface area contributed by atoms with Crippen molar-refractivity contribution in [1.82, 2.24) is 19.7 Å². The molecule has 0 atom stereocenters. The Morgan fingerprint density at radius 2 is 1.71 bits per heavy atom. The number of amides is 1. The molecule has 1 amide bonds. The van der Waals surface area contributed by atoms with Crippen LogP contribution in [0.5, 0.6) is 0 Å². The van der Waals surface area contributed by atoms with Gasteiger partial charge in [-0.3, -0.25) is 9.78 Å². The summed E-state index contributed by atoms with van der Waals surface area (Å²) in [4.78, 5) is 22.6. The van der Waals surface area contributed by atoms with Crippen LogP contribution in [0.2, 0.25) is 0 Å². The molecular formula is C31H52F2N6OS. The fraction of sp³-hybridized carbons (Fsp3) is 0.581. The Morgan fingerprint density at radius 1 is 1.07 bits per heavy atom. The molecular weight excluding hydrogens is 542 g/mol. The number of nitrogens with zero attached hydrogens (tertiary/aromatic N) is 4. The lowest BCUT2D eigenvalue weighted by molar-refractivity contribution is -0.116. The summed E-state index contributed by atoms with van der Waals surface area (Å²) in [5.41, 5.74) is 5.14. The number of hydrogen-bond donors (Lipinski definition) is 3. The summed E-state index contributed by atoms with van der Waals surface area (Å²) < 4.78 is 27.6. The summed E-state index contributed by atoms with van der Waals surface area (Å²) in [5, 5.41) is 5.92. The molecule has 4 heterocycles. The molecule has 1 aliphatic rings. The number of alkyl halides is 2. The van der Waals surface area contributed by atoms with Gasteiger partial charge in [-0.25, -0.2) is 13.8 Å². The maximum Gasteiger partial charge on any atom is 0.266 e. The number of nitrogens with one attached hydrogen (secondary N) is 2. The lowest BCUT2D eigenvalue weighted by Gasteiger charge is -2.31. The van der Waals surface area contributed by atoms with Crippen molar-refractivity contribution >= 4 is 35.6 Å². The molecule has 0 aliphatic carbocycles. The number of piperazine rings is 1. The van der Waals surface area contributed by atoms with Crippen LogP contribution in [0.3, 0.4) is 0 Å². The first-order valence-electron chi connectivity index (χ1n) is 14.8. The van der Waals surface area contributed by atoms with Crippen LogP contribution in [-0.4, -0.2) is 52.7 Å². The second-order valence-electron chi connectivity index (χ2n) is 8.77. The number of pyridine rings is 2. The zero-order valence-corrected chi connectivity index (χ0v) is 27.4. The van der Waals surface area contributed by atoms with Gasteiger partial charge in [0.25, 0.3) is 6.43 Å². The first-order valence-corrected chi connectivity index (χ1v) is 15.7. The first-order chi connectivity index (χ1) is 19.8. The van der Waals surface area contributed by atoms with E-state index in [9.17, 15) is 13.6 Å². The smallest absolute Gasteiger partial charge is 0.266 e. The molecule has 4 rings (SSSR count). The number of carbonyl (C=O) groups is 1. The molecule has 10 heteroatoms. The van der Waals surface area contributed by atoms with Crippen LogP contribution in [0.15, 0.2) is 30.7 Å². The van der Waals surface area contributed by atoms with E-state index in [1.807, 2.05) is 40.8 Å². The molecule has 232 valence electrons. The lowest BCUT2D eigenvalue weighted by Crippen LogP contribution is -2.44. The highest BCUT2D eigenvalue weighted by Crippen LogP contribution is 2.28. The maximum absolute atomic E-state index is 13.0. The highest BCUT2D eigenvalue weighted by atomic mass is 32.1. The minimum absolute atomic E-state index is 0.137. The van der Waals surface area contributed by atoms with Crippen molar-refractivity contribution in [2.75, 3.05) is 42.7 Å². The van der Waals surface area contributed by atoms with E-state index >= 15 is 0 Å². The molecule has 1 saturated heterocycles. The zero-order valence-electron chi connectivity index (χ0n) is 26.5. The molecule has 3 aromatic rings. The molecule has 1 aliphatic heterocycles. The second-order valence-corrected chi connectivity index (χ2v) is 8.77. The average Bonchev–Trinajstić information content (AvgIpc) is 3.36. The Morgan fingerprint density at radius 3 is 2.27 bits per heavy atom. The van der Waals surface area contributed by atoms with Gasteiger partial charge in [0, 0.05) is 68.1 Å². The summed E-state index contributed by atoms with van der Waals surface area (Å²) in [6.45, 7) is 20.4. The summed E-state index contributed by atoms with van der Waals surface area (Å²) in [6.07, 6.45) is 7.48. The highest BCUT2D eigenvalue weighted by Gasteiger charge is 2.17. The standard InChI is InChI=1S/C13H15F2N3O.C13H21N3.2C2H6.CH4S/c1-3-4-12(19)17-10-7-18-6-8(2)16-11(18)5-9(10)13(14)15;1-3-4-12-11(2)15-6-5-13(12)16-9-7-14-8-10-16;3*1-2/h5-7,13H,3-4H2,1-2H3,(H,17,19);5-6,14H,3-4,7-10H2,1-2H3;2*1-2H3;2H,1H3. The van der Waals surface area contributed by atoms with E-state index in [0.29, 0.717) is 18.5 Å². The van der Waals surface area contributed by atoms with Gasteiger partial charge in [-0.15, -0.1) is 0 Å². The molecule has 0 spiro atoms. The number of hydrogen-bond acceptors (Lipinski definition) is 6. The maximum atomic E-state index is 13.0. The molecule has 0 saturated carbocycles. The van der Waals surface area contributed by atoms with Crippen LogP contribution in [-0.2, 0) is 11.2 Å². The molecule has 2 N–H and O–H groups in total. The number of aromatic nitrogens is 3. The van der Waals surface area contributed by atoms with Crippen molar-refractivity contribution in [1.29, 1.82) is 0 Å². The summed E-state index contributed by atoms with van der Waals surface area (Å²) in [5.74, 6) is -0.263. The van der Waals surface area contributed by atoms with E-state index in [-0.39, 0.29) is 17.2 Å². The van der Waals surface area contributed by atoms with Crippen molar-refractivity contribution in [3.8, 4) is 0 Å². The quantitative estimate of drug-likeness (QED) is 0.245. The Bertz CT molecular complexity index is 1130. The normalized spacial score (nSPS) is 12.1. The Balaban J connectivity index is 0.000000666. The van der Waals surface area contributed by atoms with Gasteiger partial charge in [-0.05, 0) is 50.6 Å². The minimum Gasteiger partial charge on any atom is -0.369 e. The number of carbonyl (C=O) groups excluding carboxylic acids is 1. The monoisotopic (exact) mass is 594 g/mol. The van der Waals surface area contributed by atoms with E-state index in [1.165, 1.54) is 35.6 Å². The van der Waals surface area contributed by atoms with E-state index in [1.54, 1.807) is 23.8 Å². The predicted octanol–water partition coefficient (Wildman–Crippen LogP) is 7.67. The average molecular weight is 595 g/mol. The summed E-state index contributed by atoms with van der Waals surface area (Å²) in [7, 11) is 0. The van der Waals surface area contributed by atoms with Crippen LogP contribution in [0, 0.1) is 13.8 Å². The number of halogens is 2. The number of anilines is 2. The molecule has 0 radical (unpaired) electrons. The number of imidazole rings is 1. The zero-order chi connectivity index (χ0) is 31.4. The largest absolute Gasteiger partial charge is 0.369 e. The lowest BCUT2D eigenvalue weighted by atomic mass is 10.1. The van der Waals surface area contributed by atoms with Gasteiger partial charge in [0.15, 0.2) is 0 Å². The molecule has 7 nitrogen and oxygen atoms in total.